The zero-order chi connectivity index (χ0) is 10.4. The van der Waals surface area contributed by atoms with E-state index in [1.54, 1.807) is 0 Å². The first-order valence-electron chi connectivity index (χ1n) is 4.61. The van der Waals surface area contributed by atoms with E-state index in [9.17, 15) is 4.79 Å². The molecule has 1 saturated carbocycles. The molecule has 1 rings (SSSR count). The van der Waals surface area contributed by atoms with Gasteiger partial charge in [-0.3, -0.25) is 4.79 Å². The molecule has 0 aromatic carbocycles. The van der Waals surface area contributed by atoms with Crippen LogP contribution in [0.4, 0.5) is 0 Å². The Balaban J connectivity index is 2.88. The van der Waals surface area contributed by atoms with Crippen LogP contribution in [0.15, 0.2) is 12.7 Å². The summed E-state index contributed by atoms with van der Waals surface area (Å²) in [6.45, 7) is 11.9. The largest absolute Gasteiger partial charge is 0.481 e. The summed E-state index contributed by atoms with van der Waals surface area (Å²) in [6.07, 6.45) is 1.86. The van der Waals surface area contributed by atoms with Gasteiger partial charge < -0.3 is 5.11 Å². The van der Waals surface area contributed by atoms with E-state index in [4.69, 9.17) is 5.11 Å². The summed E-state index contributed by atoms with van der Waals surface area (Å²) in [6, 6.07) is 0. The summed E-state index contributed by atoms with van der Waals surface area (Å²) < 4.78 is 0. The van der Waals surface area contributed by atoms with Gasteiger partial charge in [-0.15, -0.1) is 6.58 Å². The number of rotatable bonds is 3. The van der Waals surface area contributed by atoms with Gasteiger partial charge in [0.1, 0.15) is 0 Å². The topological polar surface area (TPSA) is 37.3 Å². The predicted octanol–water partition coefficient (Wildman–Crippen LogP) is 2.56. The average Bonchev–Trinajstić information content (AvgIpc) is 2.54. The van der Waals surface area contributed by atoms with Crippen molar-refractivity contribution >= 4 is 5.97 Å². The molecule has 2 heteroatoms. The smallest absolute Gasteiger partial charge is 0.307 e. The second-order valence-corrected chi connectivity index (χ2v) is 5.14. The number of allylic oxidation sites excluding steroid dienone is 1. The van der Waals surface area contributed by atoms with Crippen molar-refractivity contribution in [2.45, 2.75) is 27.7 Å². The van der Waals surface area contributed by atoms with E-state index >= 15 is 0 Å². The minimum atomic E-state index is -0.676. The van der Waals surface area contributed by atoms with Gasteiger partial charge in [-0.2, -0.15) is 0 Å². The molecule has 1 N–H and O–H groups in total. The molecule has 0 aromatic rings. The van der Waals surface area contributed by atoms with Crippen LogP contribution in [-0.2, 0) is 4.79 Å². The predicted molar refractivity (Wildman–Crippen MR) is 52.4 cm³/mol. The lowest BCUT2D eigenvalue weighted by atomic mass is 9.83. The van der Waals surface area contributed by atoms with E-state index in [1.165, 1.54) is 0 Å². The van der Waals surface area contributed by atoms with E-state index in [0.29, 0.717) is 0 Å². The first-order chi connectivity index (χ1) is 5.75. The molecular formula is C11H18O2. The van der Waals surface area contributed by atoms with Gasteiger partial charge in [0.15, 0.2) is 0 Å². The molecule has 1 aliphatic rings. The number of carboxylic acids is 1. The molecule has 0 spiro atoms. The minimum absolute atomic E-state index is 0.0768. The normalized spacial score (nSPS) is 31.1. The molecule has 0 aromatic heterocycles. The van der Waals surface area contributed by atoms with Crippen molar-refractivity contribution in [2.24, 2.45) is 22.7 Å². The Kier molecular flexibility index (Phi) is 2.06. The third-order valence-electron chi connectivity index (χ3n) is 3.42. The van der Waals surface area contributed by atoms with Crippen molar-refractivity contribution < 1.29 is 9.90 Å². The summed E-state index contributed by atoms with van der Waals surface area (Å²) in [5.74, 6) is -0.666. The Morgan fingerprint density at radius 2 is 2.00 bits per heavy atom. The Hall–Kier alpha value is -0.790. The molecule has 74 valence electrons. The van der Waals surface area contributed by atoms with Crippen LogP contribution in [0.5, 0.6) is 0 Å². The van der Waals surface area contributed by atoms with Gasteiger partial charge in [0.05, 0.1) is 5.92 Å². The van der Waals surface area contributed by atoms with Crippen LogP contribution in [0.2, 0.25) is 0 Å². The maximum Gasteiger partial charge on any atom is 0.307 e. The molecule has 2 nitrogen and oxygen atoms in total. The molecule has 13 heavy (non-hydrogen) atoms. The number of carboxylic acid groups (broad SMARTS) is 1. The van der Waals surface area contributed by atoms with Crippen LogP contribution in [0.25, 0.3) is 0 Å². The fourth-order valence-corrected chi connectivity index (χ4v) is 2.61. The third kappa shape index (κ3) is 1.38. The van der Waals surface area contributed by atoms with Gasteiger partial charge in [0.2, 0.25) is 0 Å². The van der Waals surface area contributed by atoms with Crippen molar-refractivity contribution in [2.75, 3.05) is 0 Å². The second kappa shape index (κ2) is 2.60. The average molecular weight is 182 g/mol. The van der Waals surface area contributed by atoms with Gasteiger partial charge >= 0.3 is 5.97 Å². The van der Waals surface area contributed by atoms with E-state index in [2.05, 4.69) is 20.4 Å². The second-order valence-electron chi connectivity index (χ2n) is 5.14. The van der Waals surface area contributed by atoms with Crippen LogP contribution >= 0.6 is 0 Å². The summed E-state index contributed by atoms with van der Waals surface area (Å²) in [4.78, 5) is 10.9. The van der Waals surface area contributed by atoms with Crippen LogP contribution in [-0.4, -0.2) is 11.1 Å². The zero-order valence-corrected chi connectivity index (χ0v) is 8.79. The maximum atomic E-state index is 10.9. The molecule has 0 aliphatic heterocycles. The summed E-state index contributed by atoms with van der Waals surface area (Å²) in [5, 5.41) is 8.98. The first-order valence-corrected chi connectivity index (χ1v) is 4.61. The van der Waals surface area contributed by atoms with E-state index in [0.717, 1.165) is 0 Å². The van der Waals surface area contributed by atoms with Crippen LogP contribution in [0.3, 0.4) is 0 Å². The maximum absolute atomic E-state index is 10.9. The van der Waals surface area contributed by atoms with Gasteiger partial charge in [0.25, 0.3) is 0 Å². The summed E-state index contributed by atoms with van der Waals surface area (Å²) in [7, 11) is 0. The standard InChI is InChI=1S/C11H18O2/c1-6-10(2,3)8-7(9(12)13)11(8,4)5/h6-8H,1H2,2-5H3,(H,12,13)/t7-,8+/m1/s1. The van der Waals surface area contributed by atoms with Crippen molar-refractivity contribution in [1.29, 1.82) is 0 Å². The monoisotopic (exact) mass is 182 g/mol. The lowest BCUT2D eigenvalue weighted by molar-refractivity contribution is -0.139. The quantitative estimate of drug-likeness (QED) is 0.681. The zero-order valence-electron chi connectivity index (χ0n) is 8.79. The Bertz CT molecular complexity index is 251. The van der Waals surface area contributed by atoms with Crippen molar-refractivity contribution in [3.8, 4) is 0 Å². The number of hydrogen-bond acceptors (Lipinski definition) is 1. The Labute approximate surface area is 79.6 Å². The highest BCUT2D eigenvalue weighted by atomic mass is 16.4. The van der Waals surface area contributed by atoms with Gasteiger partial charge in [-0.1, -0.05) is 33.8 Å². The Morgan fingerprint density at radius 1 is 1.54 bits per heavy atom. The van der Waals surface area contributed by atoms with Gasteiger partial charge in [-0.25, -0.2) is 0 Å². The van der Waals surface area contributed by atoms with E-state index < -0.39 is 5.97 Å². The fraction of sp³-hybridized carbons (Fsp3) is 0.727. The van der Waals surface area contributed by atoms with Crippen LogP contribution < -0.4 is 0 Å². The van der Waals surface area contributed by atoms with E-state index in [1.807, 2.05) is 19.9 Å². The number of aliphatic carboxylic acids is 1. The molecule has 1 fully saturated rings. The summed E-state index contributed by atoms with van der Waals surface area (Å²) in [5.41, 5.74) is -0.157. The highest BCUT2D eigenvalue weighted by Crippen LogP contribution is 2.65. The molecule has 0 bridgehead atoms. The molecule has 0 saturated heterocycles. The lowest BCUT2D eigenvalue weighted by Crippen LogP contribution is -2.15. The van der Waals surface area contributed by atoms with E-state index in [-0.39, 0.29) is 22.7 Å². The fourth-order valence-electron chi connectivity index (χ4n) is 2.61. The van der Waals surface area contributed by atoms with Gasteiger partial charge in [0, 0.05) is 0 Å². The molecular weight excluding hydrogens is 164 g/mol. The highest BCUT2D eigenvalue weighted by Gasteiger charge is 2.66. The Morgan fingerprint density at radius 3 is 2.23 bits per heavy atom. The molecule has 0 radical (unpaired) electrons. The van der Waals surface area contributed by atoms with Crippen molar-refractivity contribution in [3.05, 3.63) is 12.7 Å². The molecule has 1 aliphatic carbocycles. The minimum Gasteiger partial charge on any atom is -0.481 e. The van der Waals surface area contributed by atoms with Crippen LogP contribution in [0, 0.1) is 22.7 Å². The van der Waals surface area contributed by atoms with Crippen molar-refractivity contribution in [1.82, 2.24) is 0 Å². The molecule has 0 heterocycles. The number of hydrogen-bond donors (Lipinski definition) is 1. The summed E-state index contributed by atoms with van der Waals surface area (Å²) >= 11 is 0. The molecule has 0 unspecified atom stereocenters. The SMILES string of the molecule is C=CC(C)(C)[C@@H]1[C@H](C(=O)O)C1(C)C. The van der Waals surface area contributed by atoms with Crippen molar-refractivity contribution in [3.63, 3.8) is 0 Å². The number of carbonyl (C=O) groups is 1. The lowest BCUT2D eigenvalue weighted by Gasteiger charge is -2.21. The molecule has 2 atom stereocenters. The molecule has 0 amide bonds. The third-order valence-corrected chi connectivity index (χ3v) is 3.42. The van der Waals surface area contributed by atoms with Gasteiger partial charge in [-0.05, 0) is 16.7 Å². The first kappa shape index (κ1) is 10.3. The van der Waals surface area contributed by atoms with Crippen LogP contribution in [0.1, 0.15) is 27.7 Å². The highest BCUT2D eigenvalue weighted by molar-refractivity contribution is 5.75.